The van der Waals surface area contributed by atoms with Crippen LogP contribution in [0.25, 0.3) is 0 Å². The van der Waals surface area contributed by atoms with Gasteiger partial charge in [-0.15, -0.1) is 0 Å². The van der Waals surface area contributed by atoms with Crippen LogP contribution in [-0.2, 0) is 14.2 Å². The summed E-state index contributed by atoms with van der Waals surface area (Å²) in [5.74, 6) is -0.393. The Labute approximate surface area is 97.2 Å². The van der Waals surface area contributed by atoms with Crippen LogP contribution in [0.2, 0.25) is 0 Å². The Balaban J connectivity index is 1.96. The fourth-order valence-corrected chi connectivity index (χ4v) is 2.39. The lowest BCUT2D eigenvalue weighted by atomic mass is 9.97. The first-order valence-corrected chi connectivity index (χ1v) is 5.92. The van der Waals surface area contributed by atoms with E-state index in [4.69, 9.17) is 14.2 Å². The first-order valence-electron chi connectivity index (χ1n) is 5.92. The summed E-state index contributed by atoms with van der Waals surface area (Å²) in [5, 5.41) is 0. The highest BCUT2D eigenvalue weighted by molar-refractivity contribution is 5.08. The lowest BCUT2D eigenvalue weighted by molar-refractivity contribution is -0.211. The fourth-order valence-electron chi connectivity index (χ4n) is 2.39. The normalized spacial score (nSPS) is 25.4. The number of ether oxygens (including phenoxy) is 3. The molecule has 0 bridgehead atoms. The van der Waals surface area contributed by atoms with Crippen LogP contribution in [0.5, 0.6) is 0 Å². The molecule has 2 rings (SSSR count). The maximum atomic E-state index is 5.45. The van der Waals surface area contributed by atoms with Gasteiger partial charge in [0.25, 0.3) is 0 Å². The highest BCUT2D eigenvalue weighted by atomic mass is 16.7. The second-order valence-corrected chi connectivity index (χ2v) is 4.32. The number of rotatable bonds is 3. The minimum absolute atomic E-state index is 0.393. The van der Waals surface area contributed by atoms with Gasteiger partial charge in [0.1, 0.15) is 0 Å². The van der Waals surface area contributed by atoms with Crippen LogP contribution in [-0.4, -0.2) is 51.2 Å². The van der Waals surface area contributed by atoms with Crippen LogP contribution >= 0.6 is 0 Å². The number of nitrogens with zero attached hydrogens (tertiary/aromatic N) is 1. The van der Waals surface area contributed by atoms with Crippen molar-refractivity contribution in [2.24, 2.45) is 0 Å². The minimum atomic E-state index is -0.393. The van der Waals surface area contributed by atoms with Gasteiger partial charge >= 0.3 is 0 Å². The van der Waals surface area contributed by atoms with E-state index in [9.17, 15) is 0 Å². The summed E-state index contributed by atoms with van der Waals surface area (Å²) >= 11 is 0. The van der Waals surface area contributed by atoms with E-state index in [2.05, 4.69) is 11.0 Å². The second kappa shape index (κ2) is 5.17. The molecule has 4 nitrogen and oxygen atoms in total. The van der Waals surface area contributed by atoms with Crippen molar-refractivity contribution in [1.29, 1.82) is 0 Å². The van der Waals surface area contributed by atoms with Crippen molar-refractivity contribution < 1.29 is 14.2 Å². The molecular formula is C12H21NO3. The molecule has 0 saturated carbocycles. The van der Waals surface area contributed by atoms with Crippen molar-refractivity contribution >= 4 is 0 Å². The molecule has 16 heavy (non-hydrogen) atoms. The Morgan fingerprint density at radius 1 is 1.25 bits per heavy atom. The predicted molar refractivity (Wildman–Crippen MR) is 61.1 cm³/mol. The minimum Gasteiger partial charge on any atom is -0.378 e. The van der Waals surface area contributed by atoms with E-state index in [1.807, 2.05) is 0 Å². The average Bonchev–Trinajstić information content (AvgIpc) is 2.40. The van der Waals surface area contributed by atoms with Crippen LogP contribution in [0.4, 0.5) is 0 Å². The molecule has 2 aliphatic rings. The Hall–Kier alpha value is -0.580. The van der Waals surface area contributed by atoms with Gasteiger partial charge in [-0.1, -0.05) is 6.08 Å². The number of hydrogen-bond donors (Lipinski definition) is 0. The SMILES string of the molecule is COC1(OC)CC=C(N2CCOCC2)CC1. The summed E-state index contributed by atoms with van der Waals surface area (Å²) in [6.07, 6.45) is 5.05. The van der Waals surface area contributed by atoms with E-state index in [1.165, 1.54) is 5.70 Å². The lowest BCUT2D eigenvalue weighted by Crippen LogP contribution is -2.40. The van der Waals surface area contributed by atoms with Crippen LogP contribution in [0.15, 0.2) is 11.8 Å². The monoisotopic (exact) mass is 227 g/mol. The van der Waals surface area contributed by atoms with Crippen molar-refractivity contribution in [1.82, 2.24) is 4.90 Å². The maximum absolute atomic E-state index is 5.45. The standard InChI is InChI=1S/C12H21NO3/c1-14-12(15-2)5-3-11(4-6-12)13-7-9-16-10-8-13/h3H,4-10H2,1-2H3. The molecule has 0 radical (unpaired) electrons. The van der Waals surface area contributed by atoms with E-state index >= 15 is 0 Å². The van der Waals surface area contributed by atoms with Gasteiger partial charge in [-0.05, 0) is 6.42 Å². The Morgan fingerprint density at radius 3 is 2.44 bits per heavy atom. The van der Waals surface area contributed by atoms with E-state index < -0.39 is 5.79 Å². The molecule has 4 heteroatoms. The van der Waals surface area contributed by atoms with E-state index in [0.717, 1.165) is 45.6 Å². The van der Waals surface area contributed by atoms with Crippen molar-refractivity contribution in [3.63, 3.8) is 0 Å². The molecule has 0 spiro atoms. The molecule has 1 saturated heterocycles. The Kier molecular flexibility index (Phi) is 3.84. The zero-order valence-corrected chi connectivity index (χ0v) is 10.2. The van der Waals surface area contributed by atoms with Gasteiger partial charge in [-0.2, -0.15) is 0 Å². The van der Waals surface area contributed by atoms with Crippen LogP contribution < -0.4 is 0 Å². The number of allylic oxidation sites excluding steroid dienone is 1. The van der Waals surface area contributed by atoms with E-state index in [1.54, 1.807) is 14.2 Å². The summed E-state index contributed by atoms with van der Waals surface area (Å²) in [7, 11) is 3.44. The fraction of sp³-hybridized carbons (Fsp3) is 0.833. The van der Waals surface area contributed by atoms with Crippen LogP contribution in [0.3, 0.4) is 0 Å². The van der Waals surface area contributed by atoms with Crippen LogP contribution in [0.1, 0.15) is 19.3 Å². The summed E-state index contributed by atoms with van der Waals surface area (Å²) in [6, 6.07) is 0. The van der Waals surface area contributed by atoms with Crippen molar-refractivity contribution in [3.05, 3.63) is 11.8 Å². The van der Waals surface area contributed by atoms with Crippen molar-refractivity contribution in [3.8, 4) is 0 Å². The molecule has 0 aromatic rings. The largest absolute Gasteiger partial charge is 0.378 e. The first-order chi connectivity index (χ1) is 7.79. The molecule has 0 N–H and O–H groups in total. The van der Waals surface area contributed by atoms with Gasteiger partial charge in [0.2, 0.25) is 0 Å². The molecule has 1 fully saturated rings. The predicted octanol–water partition coefficient (Wildman–Crippen LogP) is 1.38. The zero-order chi connectivity index (χ0) is 11.4. The summed E-state index contributed by atoms with van der Waals surface area (Å²) in [4.78, 5) is 2.42. The molecule has 1 aliphatic carbocycles. The summed E-state index contributed by atoms with van der Waals surface area (Å²) < 4.78 is 16.3. The number of hydrogen-bond acceptors (Lipinski definition) is 4. The molecule has 0 amide bonds. The van der Waals surface area contributed by atoms with Gasteiger partial charge in [0, 0.05) is 45.8 Å². The van der Waals surface area contributed by atoms with Gasteiger partial charge in [-0.25, -0.2) is 0 Å². The van der Waals surface area contributed by atoms with Crippen molar-refractivity contribution in [2.45, 2.75) is 25.0 Å². The average molecular weight is 227 g/mol. The topological polar surface area (TPSA) is 30.9 Å². The summed E-state index contributed by atoms with van der Waals surface area (Å²) in [6.45, 7) is 3.71. The quantitative estimate of drug-likeness (QED) is 0.681. The van der Waals surface area contributed by atoms with Crippen molar-refractivity contribution in [2.75, 3.05) is 40.5 Å². The van der Waals surface area contributed by atoms with Gasteiger partial charge in [0.15, 0.2) is 5.79 Å². The highest BCUT2D eigenvalue weighted by Gasteiger charge is 2.32. The third-order valence-corrected chi connectivity index (χ3v) is 3.57. The molecule has 1 aliphatic heterocycles. The number of morpholine rings is 1. The van der Waals surface area contributed by atoms with Crippen LogP contribution in [0, 0.1) is 0 Å². The lowest BCUT2D eigenvalue weighted by Gasteiger charge is -2.38. The maximum Gasteiger partial charge on any atom is 0.171 e. The molecule has 0 aromatic carbocycles. The summed E-state index contributed by atoms with van der Waals surface area (Å²) in [5.41, 5.74) is 1.42. The molecular weight excluding hydrogens is 206 g/mol. The molecule has 0 aromatic heterocycles. The highest BCUT2D eigenvalue weighted by Crippen LogP contribution is 2.32. The molecule has 1 heterocycles. The molecule has 0 atom stereocenters. The smallest absolute Gasteiger partial charge is 0.171 e. The van der Waals surface area contributed by atoms with Gasteiger partial charge in [0.05, 0.1) is 13.2 Å². The first kappa shape index (κ1) is 11.9. The Bertz CT molecular complexity index is 255. The van der Waals surface area contributed by atoms with E-state index in [0.29, 0.717) is 0 Å². The van der Waals surface area contributed by atoms with E-state index in [-0.39, 0.29) is 0 Å². The Morgan fingerprint density at radius 2 is 1.94 bits per heavy atom. The third kappa shape index (κ3) is 2.39. The van der Waals surface area contributed by atoms with Gasteiger partial charge in [-0.3, -0.25) is 0 Å². The zero-order valence-electron chi connectivity index (χ0n) is 10.2. The second-order valence-electron chi connectivity index (χ2n) is 4.32. The van der Waals surface area contributed by atoms with Gasteiger partial charge < -0.3 is 19.1 Å². The molecule has 0 unspecified atom stereocenters. The number of methoxy groups -OCH3 is 2. The third-order valence-electron chi connectivity index (χ3n) is 3.57. The molecule has 92 valence electrons.